The molecule has 2 aliphatic heterocycles. The fourth-order valence-corrected chi connectivity index (χ4v) is 6.13. The van der Waals surface area contributed by atoms with Crippen LogP contribution >= 0.6 is 0 Å². The molecule has 2 atom stereocenters. The minimum Gasteiger partial charge on any atom is -0.497 e. The third kappa shape index (κ3) is 4.57. The second-order valence-electron chi connectivity index (χ2n) is 8.28. The van der Waals surface area contributed by atoms with Gasteiger partial charge < -0.3 is 9.47 Å². The van der Waals surface area contributed by atoms with Crippen LogP contribution in [0, 0.1) is 10.1 Å². The molecule has 1 N–H and O–H groups in total. The number of non-ortho nitro benzene ring substituents is 1. The van der Waals surface area contributed by atoms with Crippen LogP contribution in [0.4, 0.5) is 5.69 Å². The second-order valence-corrected chi connectivity index (χ2v) is 9.99. The lowest BCUT2D eigenvalue weighted by Crippen LogP contribution is -2.49. The molecule has 2 aliphatic rings. The lowest BCUT2D eigenvalue weighted by molar-refractivity contribution is -0.384. The van der Waals surface area contributed by atoms with E-state index in [-0.39, 0.29) is 28.7 Å². The number of hydrogen-bond acceptors (Lipinski definition) is 7. The van der Waals surface area contributed by atoms with Gasteiger partial charge in [-0.25, -0.2) is 13.1 Å². The van der Waals surface area contributed by atoms with Crippen molar-refractivity contribution in [1.29, 1.82) is 0 Å². The van der Waals surface area contributed by atoms with E-state index in [1.165, 1.54) is 24.3 Å². The minimum absolute atomic E-state index is 0.0407. The van der Waals surface area contributed by atoms with E-state index in [9.17, 15) is 18.5 Å². The van der Waals surface area contributed by atoms with Crippen molar-refractivity contribution in [2.45, 2.75) is 55.2 Å². The average molecular weight is 462 g/mol. The summed E-state index contributed by atoms with van der Waals surface area (Å²) < 4.78 is 39.3. The summed E-state index contributed by atoms with van der Waals surface area (Å²) in [5, 5.41) is 10.8. The number of nitrogens with one attached hydrogen (secondary N) is 1. The highest BCUT2D eigenvalue weighted by Gasteiger charge is 2.42. The van der Waals surface area contributed by atoms with Gasteiger partial charge in [0.05, 0.1) is 24.0 Å². The van der Waals surface area contributed by atoms with Crippen molar-refractivity contribution in [2.24, 2.45) is 0 Å². The first-order valence-electron chi connectivity index (χ1n) is 10.5. The molecule has 0 saturated carbocycles. The van der Waals surface area contributed by atoms with Crippen LogP contribution in [0.1, 0.15) is 31.2 Å². The van der Waals surface area contributed by atoms with Crippen LogP contribution in [-0.4, -0.2) is 50.6 Å². The largest absolute Gasteiger partial charge is 0.497 e. The zero-order valence-electron chi connectivity index (χ0n) is 18.1. The topological polar surface area (TPSA) is 111 Å². The molecule has 32 heavy (non-hydrogen) atoms. The third-order valence-electron chi connectivity index (χ3n) is 6.40. The normalized spacial score (nSPS) is 23.1. The molecule has 2 saturated heterocycles. The first kappa shape index (κ1) is 22.5. The maximum atomic E-state index is 12.8. The van der Waals surface area contributed by atoms with Crippen LogP contribution in [0.2, 0.25) is 0 Å². The molecule has 2 heterocycles. The van der Waals surface area contributed by atoms with E-state index in [4.69, 9.17) is 9.47 Å². The Hall–Kier alpha value is -2.69. The van der Waals surface area contributed by atoms with E-state index in [1.54, 1.807) is 14.2 Å². The van der Waals surface area contributed by atoms with E-state index in [1.807, 2.05) is 18.2 Å². The van der Waals surface area contributed by atoms with Gasteiger partial charge in [-0.05, 0) is 56.0 Å². The third-order valence-corrected chi connectivity index (χ3v) is 7.94. The Morgan fingerprint density at radius 2 is 1.72 bits per heavy atom. The number of nitrogens with zero attached hydrogens (tertiary/aromatic N) is 2. The molecule has 2 aromatic rings. The standard InChI is InChI=1S/C22H27N3O6S/c1-30-20-7-10-22(31-2)15(11-20)14-24-18-3-4-19(24)13-16(12-18)23-32(28,29)21-8-5-17(6-9-21)25(26)27/h5-11,16,18-19,23H,3-4,12-14H2,1-2H3. The summed E-state index contributed by atoms with van der Waals surface area (Å²) in [6.45, 7) is 0.720. The number of nitro benzene ring substituents is 1. The van der Waals surface area contributed by atoms with Crippen LogP contribution in [0.5, 0.6) is 11.5 Å². The Labute approximate surface area is 187 Å². The monoisotopic (exact) mass is 461 g/mol. The fraction of sp³-hybridized carbons (Fsp3) is 0.455. The van der Waals surface area contributed by atoms with Gasteiger partial charge in [0.25, 0.3) is 5.69 Å². The van der Waals surface area contributed by atoms with Crippen LogP contribution in [0.25, 0.3) is 0 Å². The highest BCUT2D eigenvalue weighted by atomic mass is 32.2. The molecular weight excluding hydrogens is 434 g/mol. The van der Waals surface area contributed by atoms with Crippen molar-refractivity contribution < 1.29 is 22.8 Å². The maximum Gasteiger partial charge on any atom is 0.269 e. The van der Waals surface area contributed by atoms with Crippen LogP contribution in [0.3, 0.4) is 0 Å². The summed E-state index contributed by atoms with van der Waals surface area (Å²) in [6.07, 6.45) is 3.48. The first-order chi connectivity index (χ1) is 15.3. The van der Waals surface area contributed by atoms with Crippen LogP contribution in [0.15, 0.2) is 47.4 Å². The van der Waals surface area contributed by atoms with Crippen LogP contribution in [-0.2, 0) is 16.6 Å². The molecule has 2 aromatic carbocycles. The van der Waals surface area contributed by atoms with Crippen LogP contribution < -0.4 is 14.2 Å². The molecular formula is C22H27N3O6S. The average Bonchev–Trinajstić information content (AvgIpc) is 3.01. The van der Waals surface area contributed by atoms with Gasteiger partial charge >= 0.3 is 0 Å². The van der Waals surface area contributed by atoms with Gasteiger partial charge in [0.15, 0.2) is 0 Å². The van der Waals surface area contributed by atoms with Crippen molar-refractivity contribution in [3.05, 3.63) is 58.1 Å². The summed E-state index contributed by atoms with van der Waals surface area (Å²) in [5.41, 5.74) is 0.914. The van der Waals surface area contributed by atoms with Gasteiger partial charge in [-0.3, -0.25) is 15.0 Å². The van der Waals surface area contributed by atoms with Crippen molar-refractivity contribution in [3.8, 4) is 11.5 Å². The smallest absolute Gasteiger partial charge is 0.269 e. The minimum atomic E-state index is -3.75. The van der Waals surface area contributed by atoms with Crippen molar-refractivity contribution in [2.75, 3.05) is 14.2 Å². The Balaban J connectivity index is 1.45. The Kier molecular flexibility index (Phi) is 6.36. The molecule has 172 valence electrons. The number of ether oxygens (including phenoxy) is 2. The number of methoxy groups -OCH3 is 2. The molecule has 0 aromatic heterocycles. The molecule has 4 rings (SSSR count). The van der Waals surface area contributed by atoms with Gasteiger partial charge in [-0.2, -0.15) is 0 Å². The van der Waals surface area contributed by atoms with E-state index in [0.717, 1.165) is 49.3 Å². The molecule has 10 heteroatoms. The number of fused-ring (bicyclic) bond motifs is 2. The SMILES string of the molecule is COc1ccc(OC)c(CN2C3CCC2CC(NS(=O)(=O)c2ccc([N+](=O)[O-])cc2)C3)c1. The summed E-state index contributed by atoms with van der Waals surface area (Å²) in [6, 6.07) is 11.1. The highest BCUT2D eigenvalue weighted by molar-refractivity contribution is 7.89. The zero-order valence-corrected chi connectivity index (χ0v) is 18.9. The molecule has 0 spiro atoms. The second kappa shape index (κ2) is 9.05. The summed E-state index contributed by atoms with van der Waals surface area (Å²) in [4.78, 5) is 12.7. The van der Waals surface area contributed by atoms with Crippen molar-refractivity contribution in [3.63, 3.8) is 0 Å². The number of sulfonamides is 1. The number of benzene rings is 2. The number of nitro groups is 1. The van der Waals surface area contributed by atoms with E-state index < -0.39 is 14.9 Å². The first-order valence-corrected chi connectivity index (χ1v) is 12.0. The Morgan fingerprint density at radius 1 is 1.06 bits per heavy atom. The number of piperidine rings is 1. The molecule has 0 radical (unpaired) electrons. The molecule has 0 amide bonds. The lowest BCUT2D eigenvalue weighted by Gasteiger charge is -2.39. The fourth-order valence-electron chi connectivity index (χ4n) is 4.87. The predicted octanol–water partition coefficient (Wildman–Crippen LogP) is 3.09. The molecule has 2 unspecified atom stereocenters. The summed E-state index contributed by atoms with van der Waals surface area (Å²) in [7, 11) is -0.456. The van der Waals surface area contributed by atoms with E-state index in [2.05, 4.69) is 9.62 Å². The van der Waals surface area contributed by atoms with Gasteiger partial charge in [-0.15, -0.1) is 0 Å². The maximum absolute atomic E-state index is 12.8. The summed E-state index contributed by atoms with van der Waals surface area (Å²) >= 11 is 0. The Bertz CT molecular complexity index is 1080. The van der Waals surface area contributed by atoms with Crippen molar-refractivity contribution in [1.82, 2.24) is 9.62 Å². The van der Waals surface area contributed by atoms with Crippen molar-refractivity contribution >= 4 is 15.7 Å². The van der Waals surface area contributed by atoms with Gasteiger partial charge in [0, 0.05) is 42.4 Å². The Morgan fingerprint density at radius 3 is 2.28 bits per heavy atom. The summed E-state index contributed by atoms with van der Waals surface area (Å²) in [5.74, 6) is 1.59. The zero-order chi connectivity index (χ0) is 22.9. The van der Waals surface area contributed by atoms with E-state index in [0.29, 0.717) is 0 Å². The predicted molar refractivity (Wildman–Crippen MR) is 118 cm³/mol. The van der Waals surface area contributed by atoms with E-state index >= 15 is 0 Å². The van der Waals surface area contributed by atoms with Gasteiger partial charge in [0.2, 0.25) is 10.0 Å². The highest BCUT2D eigenvalue weighted by Crippen LogP contribution is 2.39. The molecule has 2 fully saturated rings. The number of rotatable bonds is 8. The number of hydrogen-bond donors (Lipinski definition) is 1. The van der Waals surface area contributed by atoms with Gasteiger partial charge in [0.1, 0.15) is 11.5 Å². The lowest BCUT2D eigenvalue weighted by atomic mass is 9.97. The quantitative estimate of drug-likeness (QED) is 0.475. The van der Waals surface area contributed by atoms with Gasteiger partial charge in [-0.1, -0.05) is 0 Å². The molecule has 9 nitrogen and oxygen atoms in total. The molecule has 0 aliphatic carbocycles. The molecule has 2 bridgehead atoms.